The SMILES string of the molecule is C[C@@H]1CNCCN1C(=O)Cc1csc(-c2cccc(Br)c2)n1. The van der Waals surface area contributed by atoms with Gasteiger partial charge in [-0.15, -0.1) is 11.3 Å². The van der Waals surface area contributed by atoms with Crippen LogP contribution in [-0.4, -0.2) is 41.5 Å². The molecule has 22 heavy (non-hydrogen) atoms. The molecule has 1 aliphatic heterocycles. The van der Waals surface area contributed by atoms with E-state index in [1.165, 1.54) is 0 Å². The number of benzene rings is 1. The van der Waals surface area contributed by atoms with Gasteiger partial charge in [0.1, 0.15) is 5.01 Å². The van der Waals surface area contributed by atoms with Crippen molar-refractivity contribution in [3.05, 3.63) is 39.8 Å². The van der Waals surface area contributed by atoms with Crippen molar-refractivity contribution in [2.75, 3.05) is 19.6 Å². The largest absolute Gasteiger partial charge is 0.337 e. The lowest BCUT2D eigenvalue weighted by molar-refractivity contribution is -0.133. The number of halogens is 1. The topological polar surface area (TPSA) is 45.2 Å². The van der Waals surface area contributed by atoms with Gasteiger partial charge in [0.25, 0.3) is 0 Å². The molecule has 1 aliphatic rings. The average Bonchev–Trinajstić information content (AvgIpc) is 2.96. The van der Waals surface area contributed by atoms with Gasteiger partial charge in [-0.3, -0.25) is 4.79 Å². The first kappa shape index (κ1) is 15.6. The highest BCUT2D eigenvalue weighted by atomic mass is 79.9. The number of nitrogens with one attached hydrogen (secondary N) is 1. The molecule has 1 aromatic carbocycles. The maximum atomic E-state index is 12.4. The maximum absolute atomic E-state index is 12.4. The number of piperazine rings is 1. The van der Waals surface area contributed by atoms with Crippen molar-refractivity contribution < 1.29 is 4.79 Å². The van der Waals surface area contributed by atoms with Crippen LogP contribution in [0.5, 0.6) is 0 Å². The molecule has 1 N–H and O–H groups in total. The Labute approximate surface area is 142 Å². The Morgan fingerprint density at radius 1 is 1.55 bits per heavy atom. The fourth-order valence-electron chi connectivity index (χ4n) is 2.61. The molecule has 0 saturated carbocycles. The summed E-state index contributed by atoms with van der Waals surface area (Å²) in [4.78, 5) is 19.0. The second-order valence-corrected chi connectivity index (χ2v) is 7.25. The summed E-state index contributed by atoms with van der Waals surface area (Å²) in [6, 6.07) is 8.32. The Morgan fingerprint density at radius 3 is 3.18 bits per heavy atom. The first-order valence-electron chi connectivity index (χ1n) is 7.34. The molecule has 0 bridgehead atoms. The molecule has 2 heterocycles. The monoisotopic (exact) mass is 379 g/mol. The number of amides is 1. The van der Waals surface area contributed by atoms with Gasteiger partial charge >= 0.3 is 0 Å². The Bertz CT molecular complexity index is 673. The summed E-state index contributed by atoms with van der Waals surface area (Å²) in [5.74, 6) is 0.167. The molecule has 2 aromatic rings. The van der Waals surface area contributed by atoms with Crippen LogP contribution in [-0.2, 0) is 11.2 Å². The fourth-order valence-corrected chi connectivity index (χ4v) is 3.83. The zero-order valence-corrected chi connectivity index (χ0v) is 14.8. The molecule has 1 atom stereocenters. The van der Waals surface area contributed by atoms with Gasteiger partial charge in [0.15, 0.2) is 0 Å². The average molecular weight is 380 g/mol. The molecule has 6 heteroatoms. The van der Waals surface area contributed by atoms with Crippen LogP contribution in [0.3, 0.4) is 0 Å². The third kappa shape index (κ3) is 3.56. The summed E-state index contributed by atoms with van der Waals surface area (Å²) < 4.78 is 1.03. The van der Waals surface area contributed by atoms with Gasteiger partial charge in [0.05, 0.1) is 12.1 Å². The van der Waals surface area contributed by atoms with Crippen molar-refractivity contribution in [2.24, 2.45) is 0 Å². The van der Waals surface area contributed by atoms with Gasteiger partial charge in [-0.2, -0.15) is 0 Å². The lowest BCUT2D eigenvalue weighted by Crippen LogP contribution is -2.52. The van der Waals surface area contributed by atoms with Crippen molar-refractivity contribution in [3.63, 3.8) is 0 Å². The van der Waals surface area contributed by atoms with Gasteiger partial charge in [0, 0.05) is 41.1 Å². The van der Waals surface area contributed by atoms with Crippen LogP contribution in [0.15, 0.2) is 34.1 Å². The second kappa shape index (κ2) is 6.89. The lowest BCUT2D eigenvalue weighted by atomic mass is 10.2. The minimum Gasteiger partial charge on any atom is -0.337 e. The van der Waals surface area contributed by atoms with Crippen molar-refractivity contribution in [3.8, 4) is 10.6 Å². The second-order valence-electron chi connectivity index (χ2n) is 5.47. The van der Waals surface area contributed by atoms with Crippen LogP contribution in [0.1, 0.15) is 12.6 Å². The van der Waals surface area contributed by atoms with Crippen molar-refractivity contribution >= 4 is 33.2 Å². The molecular formula is C16H18BrN3OS. The van der Waals surface area contributed by atoms with Crippen LogP contribution in [0.25, 0.3) is 10.6 Å². The summed E-state index contributed by atoms with van der Waals surface area (Å²) in [6.07, 6.45) is 0.384. The van der Waals surface area contributed by atoms with E-state index in [9.17, 15) is 4.79 Å². The van der Waals surface area contributed by atoms with Crippen LogP contribution in [0, 0.1) is 0 Å². The molecule has 0 spiro atoms. The summed E-state index contributed by atoms with van der Waals surface area (Å²) >= 11 is 5.06. The highest BCUT2D eigenvalue weighted by Gasteiger charge is 2.23. The van der Waals surface area contributed by atoms with E-state index in [0.29, 0.717) is 6.42 Å². The Morgan fingerprint density at radius 2 is 2.41 bits per heavy atom. The van der Waals surface area contributed by atoms with Crippen molar-refractivity contribution in [1.82, 2.24) is 15.2 Å². The molecule has 0 unspecified atom stereocenters. The zero-order valence-electron chi connectivity index (χ0n) is 12.4. The van der Waals surface area contributed by atoms with E-state index in [0.717, 1.165) is 40.4 Å². The summed E-state index contributed by atoms with van der Waals surface area (Å²) in [6.45, 7) is 4.60. The quantitative estimate of drug-likeness (QED) is 0.891. The van der Waals surface area contributed by atoms with Crippen molar-refractivity contribution in [1.29, 1.82) is 0 Å². The smallest absolute Gasteiger partial charge is 0.228 e. The van der Waals surface area contributed by atoms with Crippen molar-refractivity contribution in [2.45, 2.75) is 19.4 Å². The molecular weight excluding hydrogens is 362 g/mol. The predicted molar refractivity (Wildman–Crippen MR) is 93.0 cm³/mol. The Hall–Kier alpha value is -1.24. The van der Waals surface area contributed by atoms with Crippen LogP contribution in [0.4, 0.5) is 0 Å². The molecule has 0 radical (unpaired) electrons. The van der Waals surface area contributed by atoms with E-state index in [1.807, 2.05) is 34.5 Å². The van der Waals surface area contributed by atoms with Gasteiger partial charge in [-0.25, -0.2) is 4.98 Å². The molecule has 4 nitrogen and oxygen atoms in total. The lowest BCUT2D eigenvalue weighted by Gasteiger charge is -2.33. The normalized spacial score (nSPS) is 18.5. The number of carbonyl (C=O) groups excluding carboxylic acids is 1. The van der Waals surface area contributed by atoms with E-state index >= 15 is 0 Å². The number of aromatic nitrogens is 1. The number of hydrogen-bond acceptors (Lipinski definition) is 4. The number of hydrogen-bond donors (Lipinski definition) is 1. The predicted octanol–water partition coefficient (Wildman–Crippen LogP) is 2.94. The first-order chi connectivity index (χ1) is 10.6. The Balaban J connectivity index is 1.70. The molecule has 116 valence electrons. The first-order valence-corrected chi connectivity index (χ1v) is 9.01. The fraction of sp³-hybridized carbons (Fsp3) is 0.375. The minimum atomic E-state index is 0.167. The zero-order chi connectivity index (χ0) is 15.5. The van der Waals surface area contributed by atoms with Gasteiger partial charge in [-0.1, -0.05) is 28.1 Å². The van der Waals surface area contributed by atoms with E-state index in [4.69, 9.17) is 0 Å². The van der Waals surface area contributed by atoms with Crippen LogP contribution < -0.4 is 5.32 Å². The third-order valence-electron chi connectivity index (χ3n) is 3.78. The molecule has 1 saturated heterocycles. The minimum absolute atomic E-state index is 0.167. The maximum Gasteiger partial charge on any atom is 0.228 e. The highest BCUT2D eigenvalue weighted by Crippen LogP contribution is 2.26. The number of thiazole rings is 1. The molecule has 1 amide bonds. The third-order valence-corrected chi connectivity index (χ3v) is 5.21. The number of carbonyl (C=O) groups is 1. The van der Waals surface area contributed by atoms with Gasteiger partial charge < -0.3 is 10.2 Å². The number of rotatable bonds is 3. The standard InChI is InChI=1S/C16H18BrN3OS/c1-11-9-18-5-6-20(11)15(21)8-14-10-22-16(19-14)12-3-2-4-13(17)7-12/h2-4,7,10-11,18H,5-6,8-9H2,1H3/t11-/m1/s1. The highest BCUT2D eigenvalue weighted by molar-refractivity contribution is 9.10. The van der Waals surface area contributed by atoms with E-state index in [-0.39, 0.29) is 11.9 Å². The molecule has 1 aromatic heterocycles. The summed E-state index contributed by atoms with van der Waals surface area (Å²) in [7, 11) is 0. The number of nitrogens with zero attached hydrogens (tertiary/aromatic N) is 2. The summed E-state index contributed by atoms with van der Waals surface area (Å²) in [5, 5.41) is 6.25. The van der Waals surface area contributed by atoms with E-state index in [1.54, 1.807) is 11.3 Å². The Kier molecular flexibility index (Phi) is 4.90. The van der Waals surface area contributed by atoms with Crippen LogP contribution >= 0.6 is 27.3 Å². The van der Waals surface area contributed by atoms with E-state index < -0.39 is 0 Å². The molecule has 1 fully saturated rings. The van der Waals surface area contributed by atoms with Gasteiger partial charge in [0.2, 0.25) is 5.91 Å². The van der Waals surface area contributed by atoms with Gasteiger partial charge in [-0.05, 0) is 19.1 Å². The summed E-state index contributed by atoms with van der Waals surface area (Å²) in [5.41, 5.74) is 1.93. The van der Waals surface area contributed by atoms with E-state index in [2.05, 4.69) is 33.2 Å². The molecule has 3 rings (SSSR count). The van der Waals surface area contributed by atoms with Crippen LogP contribution in [0.2, 0.25) is 0 Å². The molecule has 0 aliphatic carbocycles.